The Morgan fingerprint density at radius 1 is 1.09 bits per heavy atom. The molecule has 0 atom stereocenters. The highest BCUT2D eigenvalue weighted by molar-refractivity contribution is 5.29. The number of hydrogen-bond acceptors (Lipinski definition) is 3. The molecule has 0 unspecified atom stereocenters. The molecule has 8 heteroatoms. The van der Waals surface area contributed by atoms with Crippen LogP contribution in [0.5, 0.6) is 5.88 Å². The summed E-state index contributed by atoms with van der Waals surface area (Å²) in [5.74, 6) is -0.0178. The van der Waals surface area contributed by atoms with Crippen LogP contribution in [0.2, 0.25) is 0 Å². The van der Waals surface area contributed by atoms with E-state index in [2.05, 4.69) is 4.98 Å². The SMILES string of the molecule is CC.CCCCOc1nc(C(F)(F)F)ccc1CN.CF.CF. The third-order valence-electron chi connectivity index (χ3n) is 2.19. The van der Waals surface area contributed by atoms with E-state index in [1.54, 1.807) is 0 Å². The maximum absolute atomic E-state index is 12.4. The van der Waals surface area contributed by atoms with Gasteiger partial charge in [0.1, 0.15) is 5.69 Å². The van der Waals surface area contributed by atoms with Crippen LogP contribution >= 0.6 is 0 Å². The van der Waals surface area contributed by atoms with E-state index in [0.29, 0.717) is 26.5 Å². The fraction of sp³-hybridized carbons (Fsp3) is 0.667. The molecule has 23 heavy (non-hydrogen) atoms. The van der Waals surface area contributed by atoms with E-state index in [1.165, 1.54) is 6.07 Å². The first kappa shape index (κ1) is 26.5. The summed E-state index contributed by atoms with van der Waals surface area (Å²) in [7, 11) is 1.00. The van der Waals surface area contributed by atoms with E-state index >= 15 is 0 Å². The molecule has 1 heterocycles. The second-order valence-corrected chi connectivity index (χ2v) is 3.56. The van der Waals surface area contributed by atoms with Gasteiger partial charge in [0.05, 0.1) is 21.0 Å². The van der Waals surface area contributed by atoms with E-state index in [-0.39, 0.29) is 12.4 Å². The number of aromatic nitrogens is 1. The van der Waals surface area contributed by atoms with E-state index in [4.69, 9.17) is 10.5 Å². The van der Waals surface area contributed by atoms with Crippen molar-refractivity contribution in [3.05, 3.63) is 23.4 Å². The topological polar surface area (TPSA) is 48.1 Å². The summed E-state index contributed by atoms with van der Waals surface area (Å²) < 4.78 is 61.5. The molecule has 0 aliphatic carbocycles. The normalized spacial score (nSPS) is 9.35. The van der Waals surface area contributed by atoms with Crippen LogP contribution < -0.4 is 10.5 Å². The zero-order valence-corrected chi connectivity index (χ0v) is 14.3. The molecule has 0 bridgehead atoms. The predicted molar refractivity (Wildman–Crippen MR) is 82.9 cm³/mol. The lowest BCUT2D eigenvalue weighted by Gasteiger charge is -2.12. The third-order valence-corrected chi connectivity index (χ3v) is 2.19. The molecule has 0 fully saturated rings. The molecule has 138 valence electrons. The number of nitrogens with zero attached hydrogens (tertiary/aromatic N) is 1. The number of nitrogens with two attached hydrogens (primary N) is 1. The molecule has 0 aliphatic heterocycles. The lowest BCUT2D eigenvalue weighted by Crippen LogP contribution is -2.12. The Bertz CT molecular complexity index is 373. The molecule has 2 N–H and O–H groups in total. The van der Waals surface area contributed by atoms with Gasteiger partial charge >= 0.3 is 6.18 Å². The number of hydrogen-bond donors (Lipinski definition) is 1. The standard InChI is InChI=1S/C11H15F3N2O.C2H6.2CH3F/c1-2-3-6-17-10-8(7-15)4-5-9(16-10)11(12,13)14;3*1-2/h4-5H,2-3,6-7,15H2,1H3;1-2H3;2*1H3. The van der Waals surface area contributed by atoms with Crippen molar-refractivity contribution < 1.29 is 26.7 Å². The molecule has 0 aliphatic rings. The van der Waals surface area contributed by atoms with E-state index in [9.17, 15) is 22.0 Å². The zero-order chi connectivity index (χ0) is 18.9. The van der Waals surface area contributed by atoms with E-state index in [1.807, 2.05) is 20.8 Å². The molecule has 1 rings (SSSR count). The van der Waals surface area contributed by atoms with Gasteiger partial charge in [-0.05, 0) is 12.5 Å². The Morgan fingerprint density at radius 2 is 1.61 bits per heavy atom. The minimum Gasteiger partial charge on any atom is -0.477 e. The molecule has 0 radical (unpaired) electrons. The third kappa shape index (κ3) is 11.7. The molecule has 3 nitrogen and oxygen atoms in total. The number of alkyl halides is 5. The van der Waals surface area contributed by atoms with Gasteiger partial charge in [0.25, 0.3) is 0 Å². The van der Waals surface area contributed by atoms with Crippen LogP contribution in [0.25, 0.3) is 0 Å². The highest BCUT2D eigenvalue weighted by atomic mass is 19.4. The van der Waals surface area contributed by atoms with Gasteiger partial charge < -0.3 is 10.5 Å². The Kier molecular flexibility index (Phi) is 19.5. The highest BCUT2D eigenvalue weighted by Crippen LogP contribution is 2.30. The molecule has 1 aromatic heterocycles. The summed E-state index contributed by atoms with van der Waals surface area (Å²) in [6.45, 7) is 6.41. The van der Waals surface area contributed by atoms with Crippen LogP contribution in [0.4, 0.5) is 22.0 Å². The number of pyridine rings is 1. The number of ether oxygens (including phenoxy) is 1. The van der Waals surface area contributed by atoms with Crippen LogP contribution in [0, 0.1) is 0 Å². The first-order valence-electron chi connectivity index (χ1n) is 7.14. The van der Waals surface area contributed by atoms with Gasteiger partial charge in [-0.15, -0.1) is 0 Å². The van der Waals surface area contributed by atoms with Crippen molar-refractivity contribution in [1.29, 1.82) is 0 Å². The quantitative estimate of drug-likeness (QED) is 0.607. The predicted octanol–water partition coefficient (Wildman–Crippen LogP) is 4.94. The van der Waals surface area contributed by atoms with Crippen LogP contribution in [-0.2, 0) is 12.7 Å². The average molecular weight is 346 g/mol. The lowest BCUT2D eigenvalue weighted by atomic mass is 10.2. The summed E-state index contributed by atoms with van der Waals surface area (Å²) in [4.78, 5) is 3.46. The van der Waals surface area contributed by atoms with Gasteiger partial charge in [0.2, 0.25) is 5.88 Å². The lowest BCUT2D eigenvalue weighted by molar-refractivity contribution is -0.141. The Hall–Kier alpha value is -1.44. The van der Waals surface area contributed by atoms with Gasteiger partial charge in [-0.3, -0.25) is 8.78 Å². The van der Waals surface area contributed by atoms with Crippen LogP contribution in [0.15, 0.2) is 12.1 Å². The van der Waals surface area contributed by atoms with Gasteiger partial charge in [-0.2, -0.15) is 13.2 Å². The minimum absolute atomic E-state index is 0.0178. The molecule has 0 aromatic carbocycles. The van der Waals surface area contributed by atoms with Crippen molar-refractivity contribution >= 4 is 0 Å². The Morgan fingerprint density at radius 3 is 2.00 bits per heavy atom. The summed E-state index contributed by atoms with van der Waals surface area (Å²) >= 11 is 0. The molecule has 0 saturated heterocycles. The molecule has 0 spiro atoms. The monoisotopic (exact) mass is 346 g/mol. The van der Waals surface area contributed by atoms with Gasteiger partial charge in [0, 0.05) is 12.1 Å². The Balaban J connectivity index is -0.000000595. The summed E-state index contributed by atoms with van der Waals surface area (Å²) in [5.41, 5.74) is 4.94. The molecule has 1 aromatic rings. The van der Waals surface area contributed by atoms with Crippen LogP contribution in [-0.4, -0.2) is 25.9 Å². The minimum atomic E-state index is -4.46. The zero-order valence-electron chi connectivity index (χ0n) is 14.3. The summed E-state index contributed by atoms with van der Waals surface area (Å²) in [5, 5.41) is 0. The van der Waals surface area contributed by atoms with Crippen molar-refractivity contribution in [2.24, 2.45) is 5.73 Å². The molecular formula is C15H27F5N2O. The van der Waals surface area contributed by atoms with Crippen LogP contribution in [0.3, 0.4) is 0 Å². The second kappa shape index (κ2) is 16.9. The second-order valence-electron chi connectivity index (χ2n) is 3.56. The molecule has 0 saturated carbocycles. The number of rotatable bonds is 5. The first-order valence-corrected chi connectivity index (χ1v) is 7.14. The van der Waals surface area contributed by atoms with Crippen molar-refractivity contribution in [3.63, 3.8) is 0 Å². The van der Waals surface area contributed by atoms with Crippen molar-refractivity contribution in [3.8, 4) is 5.88 Å². The van der Waals surface area contributed by atoms with Crippen molar-refractivity contribution in [2.45, 2.75) is 46.3 Å². The molecular weight excluding hydrogens is 319 g/mol. The summed E-state index contributed by atoms with van der Waals surface area (Å²) in [6, 6.07) is 2.21. The number of halogens is 5. The van der Waals surface area contributed by atoms with Crippen LogP contribution in [0.1, 0.15) is 44.9 Å². The fourth-order valence-electron chi connectivity index (χ4n) is 1.22. The van der Waals surface area contributed by atoms with Gasteiger partial charge in [-0.25, -0.2) is 4.98 Å². The van der Waals surface area contributed by atoms with Crippen molar-refractivity contribution in [1.82, 2.24) is 4.98 Å². The van der Waals surface area contributed by atoms with E-state index in [0.717, 1.165) is 18.9 Å². The average Bonchev–Trinajstić information content (AvgIpc) is 2.59. The highest BCUT2D eigenvalue weighted by Gasteiger charge is 2.33. The molecule has 0 amide bonds. The maximum Gasteiger partial charge on any atom is 0.433 e. The van der Waals surface area contributed by atoms with Crippen molar-refractivity contribution in [2.75, 3.05) is 21.0 Å². The van der Waals surface area contributed by atoms with E-state index < -0.39 is 11.9 Å². The number of unbranched alkanes of at least 4 members (excludes halogenated alkanes) is 1. The fourth-order valence-corrected chi connectivity index (χ4v) is 1.22. The smallest absolute Gasteiger partial charge is 0.433 e. The first-order chi connectivity index (χ1) is 11.0. The van der Waals surface area contributed by atoms with Gasteiger partial charge in [-0.1, -0.05) is 33.3 Å². The maximum atomic E-state index is 12.4. The largest absolute Gasteiger partial charge is 0.477 e. The van der Waals surface area contributed by atoms with Gasteiger partial charge in [0.15, 0.2) is 0 Å². The summed E-state index contributed by atoms with van der Waals surface area (Å²) in [6.07, 6.45) is -2.80. The Labute approximate surface area is 135 Å².